The van der Waals surface area contributed by atoms with Crippen molar-refractivity contribution >= 4 is 11.8 Å². The SMILES string of the molecule is Cc1ccccc1-c1nnc(SCc2noc(-c3ccc(F)cc3)n2)o1. The first-order valence-corrected chi connectivity index (χ1v) is 8.78. The first kappa shape index (κ1) is 16.5. The molecule has 0 amide bonds. The number of rotatable bonds is 5. The van der Waals surface area contributed by atoms with E-state index >= 15 is 0 Å². The number of thioether (sulfide) groups is 1. The molecule has 0 aliphatic carbocycles. The third-order valence-electron chi connectivity index (χ3n) is 3.67. The summed E-state index contributed by atoms with van der Waals surface area (Å²) < 4.78 is 23.9. The maximum atomic E-state index is 13.0. The normalized spacial score (nSPS) is 11.0. The third-order valence-corrected chi connectivity index (χ3v) is 4.48. The van der Waals surface area contributed by atoms with Crippen LogP contribution in [0.5, 0.6) is 0 Å². The Bertz CT molecular complexity index is 1030. The lowest BCUT2D eigenvalue weighted by molar-refractivity contribution is 0.425. The molecule has 0 saturated heterocycles. The molecular weight excluding hydrogens is 355 g/mol. The van der Waals surface area contributed by atoms with E-state index in [-0.39, 0.29) is 5.82 Å². The summed E-state index contributed by atoms with van der Waals surface area (Å²) in [6.45, 7) is 1.99. The van der Waals surface area contributed by atoms with Gasteiger partial charge >= 0.3 is 0 Å². The Hall–Kier alpha value is -3.00. The molecule has 2 aromatic heterocycles. The quantitative estimate of drug-likeness (QED) is 0.479. The van der Waals surface area contributed by atoms with Crippen molar-refractivity contribution in [2.75, 3.05) is 0 Å². The topological polar surface area (TPSA) is 77.8 Å². The van der Waals surface area contributed by atoms with Gasteiger partial charge in [-0.15, -0.1) is 10.2 Å². The summed E-state index contributed by atoms with van der Waals surface area (Å²) in [6.07, 6.45) is 0. The molecule has 6 nitrogen and oxygen atoms in total. The molecule has 0 bridgehead atoms. The highest BCUT2D eigenvalue weighted by Crippen LogP contribution is 2.27. The molecule has 2 heterocycles. The highest BCUT2D eigenvalue weighted by atomic mass is 32.2. The van der Waals surface area contributed by atoms with Gasteiger partial charge in [0.1, 0.15) is 5.82 Å². The molecule has 0 atom stereocenters. The Labute approximate surface area is 152 Å². The van der Waals surface area contributed by atoms with Gasteiger partial charge in [0.25, 0.3) is 11.1 Å². The van der Waals surface area contributed by atoms with Gasteiger partial charge < -0.3 is 8.94 Å². The molecule has 4 aromatic rings. The second-order valence-corrected chi connectivity index (χ2v) is 6.43. The van der Waals surface area contributed by atoms with Crippen molar-refractivity contribution in [1.29, 1.82) is 0 Å². The first-order chi connectivity index (χ1) is 12.7. The maximum absolute atomic E-state index is 13.0. The summed E-state index contributed by atoms with van der Waals surface area (Å²) >= 11 is 1.32. The second kappa shape index (κ2) is 7.09. The number of hydrogen-bond donors (Lipinski definition) is 0. The predicted octanol–water partition coefficient (Wildman–Crippen LogP) is 4.53. The fraction of sp³-hybridized carbons (Fsp3) is 0.111. The lowest BCUT2D eigenvalue weighted by Crippen LogP contribution is -1.84. The molecule has 26 heavy (non-hydrogen) atoms. The Morgan fingerprint density at radius 1 is 1.00 bits per heavy atom. The summed E-state index contributed by atoms with van der Waals surface area (Å²) in [5.41, 5.74) is 2.63. The van der Waals surface area contributed by atoms with Crippen LogP contribution in [0.4, 0.5) is 4.39 Å². The van der Waals surface area contributed by atoms with Gasteiger partial charge in [0.05, 0.1) is 5.75 Å². The molecule has 4 rings (SSSR count). The van der Waals surface area contributed by atoms with Crippen LogP contribution in [-0.4, -0.2) is 20.3 Å². The zero-order chi connectivity index (χ0) is 17.9. The fourth-order valence-electron chi connectivity index (χ4n) is 2.34. The standard InChI is InChI=1S/C18H13FN4O2S/c1-11-4-2-3-5-14(11)17-21-22-18(24-17)26-10-15-20-16(25-23-15)12-6-8-13(19)9-7-12/h2-9H,10H2,1H3. The molecule has 0 unspecified atom stereocenters. The number of aromatic nitrogens is 4. The van der Waals surface area contributed by atoms with E-state index in [0.29, 0.717) is 34.1 Å². The van der Waals surface area contributed by atoms with Crippen LogP contribution >= 0.6 is 11.8 Å². The van der Waals surface area contributed by atoms with Crippen LogP contribution in [-0.2, 0) is 5.75 Å². The van der Waals surface area contributed by atoms with Crippen LogP contribution in [0.15, 0.2) is 62.7 Å². The summed E-state index contributed by atoms with van der Waals surface area (Å²) in [4.78, 5) is 4.29. The summed E-state index contributed by atoms with van der Waals surface area (Å²) in [5.74, 6) is 1.41. The average molecular weight is 368 g/mol. The van der Waals surface area contributed by atoms with Crippen molar-refractivity contribution in [3.63, 3.8) is 0 Å². The monoisotopic (exact) mass is 368 g/mol. The van der Waals surface area contributed by atoms with Crippen molar-refractivity contribution in [2.45, 2.75) is 17.9 Å². The Balaban J connectivity index is 1.44. The molecule has 0 aliphatic heterocycles. The van der Waals surface area contributed by atoms with Crippen LogP contribution < -0.4 is 0 Å². The van der Waals surface area contributed by atoms with E-state index in [1.807, 2.05) is 31.2 Å². The Morgan fingerprint density at radius 3 is 2.62 bits per heavy atom. The zero-order valence-electron chi connectivity index (χ0n) is 13.7. The van der Waals surface area contributed by atoms with Crippen LogP contribution in [0.1, 0.15) is 11.4 Å². The van der Waals surface area contributed by atoms with Crippen molar-refractivity contribution < 1.29 is 13.3 Å². The molecular formula is C18H13FN4O2S. The van der Waals surface area contributed by atoms with E-state index < -0.39 is 0 Å². The predicted molar refractivity (Wildman–Crippen MR) is 93.7 cm³/mol. The van der Waals surface area contributed by atoms with Crippen molar-refractivity contribution in [2.24, 2.45) is 0 Å². The average Bonchev–Trinajstić information content (AvgIpc) is 3.30. The smallest absolute Gasteiger partial charge is 0.277 e. The van der Waals surface area contributed by atoms with Gasteiger partial charge in [0, 0.05) is 11.1 Å². The molecule has 0 spiro atoms. The molecule has 0 saturated carbocycles. The lowest BCUT2D eigenvalue weighted by atomic mass is 10.1. The number of halogens is 1. The number of aryl methyl sites for hydroxylation is 1. The number of benzene rings is 2. The van der Waals surface area contributed by atoms with Crippen molar-refractivity contribution in [3.05, 3.63) is 65.7 Å². The summed E-state index contributed by atoms with van der Waals surface area (Å²) in [6, 6.07) is 13.7. The second-order valence-electron chi connectivity index (χ2n) is 5.50. The van der Waals surface area contributed by atoms with E-state index in [0.717, 1.165) is 11.1 Å². The van der Waals surface area contributed by atoms with E-state index in [9.17, 15) is 4.39 Å². The minimum absolute atomic E-state index is 0.315. The van der Waals surface area contributed by atoms with E-state index in [2.05, 4.69) is 20.3 Å². The summed E-state index contributed by atoms with van der Waals surface area (Å²) in [7, 11) is 0. The first-order valence-electron chi connectivity index (χ1n) is 7.80. The van der Waals surface area contributed by atoms with Gasteiger partial charge in [-0.3, -0.25) is 0 Å². The molecule has 0 N–H and O–H groups in total. The van der Waals surface area contributed by atoms with Gasteiger partial charge in [0.15, 0.2) is 5.82 Å². The third kappa shape index (κ3) is 3.50. The van der Waals surface area contributed by atoms with Gasteiger partial charge in [0.2, 0.25) is 5.89 Å². The Kier molecular flexibility index (Phi) is 4.49. The van der Waals surface area contributed by atoms with Gasteiger partial charge in [-0.1, -0.05) is 35.1 Å². The summed E-state index contributed by atoms with van der Waals surface area (Å²) in [5, 5.41) is 12.5. The number of hydrogen-bond acceptors (Lipinski definition) is 7. The maximum Gasteiger partial charge on any atom is 0.277 e. The molecule has 8 heteroatoms. The number of nitrogens with zero attached hydrogens (tertiary/aromatic N) is 4. The highest BCUT2D eigenvalue weighted by Gasteiger charge is 2.13. The minimum Gasteiger partial charge on any atom is -0.411 e. The van der Waals surface area contributed by atoms with E-state index in [4.69, 9.17) is 8.94 Å². The lowest BCUT2D eigenvalue weighted by Gasteiger charge is -1.98. The zero-order valence-corrected chi connectivity index (χ0v) is 14.5. The van der Waals surface area contributed by atoms with Gasteiger partial charge in [-0.2, -0.15) is 4.98 Å². The van der Waals surface area contributed by atoms with Crippen LogP contribution in [0.3, 0.4) is 0 Å². The van der Waals surface area contributed by atoms with Crippen LogP contribution in [0.25, 0.3) is 22.9 Å². The largest absolute Gasteiger partial charge is 0.411 e. The Morgan fingerprint density at radius 2 is 1.81 bits per heavy atom. The molecule has 0 radical (unpaired) electrons. The van der Waals surface area contributed by atoms with Crippen LogP contribution in [0.2, 0.25) is 0 Å². The van der Waals surface area contributed by atoms with Crippen LogP contribution in [0, 0.1) is 12.7 Å². The van der Waals surface area contributed by atoms with E-state index in [1.54, 1.807) is 12.1 Å². The molecule has 0 aliphatic rings. The van der Waals surface area contributed by atoms with E-state index in [1.165, 1.54) is 23.9 Å². The molecule has 130 valence electrons. The molecule has 0 fully saturated rings. The fourth-order valence-corrected chi connectivity index (χ4v) is 2.94. The highest BCUT2D eigenvalue weighted by molar-refractivity contribution is 7.98. The van der Waals surface area contributed by atoms with Gasteiger partial charge in [-0.05, 0) is 42.8 Å². The molecule has 2 aromatic carbocycles. The van der Waals surface area contributed by atoms with Gasteiger partial charge in [-0.25, -0.2) is 4.39 Å². The van der Waals surface area contributed by atoms with Crippen molar-refractivity contribution in [3.8, 4) is 22.9 Å². The minimum atomic E-state index is -0.315. The van der Waals surface area contributed by atoms with Crippen molar-refractivity contribution in [1.82, 2.24) is 20.3 Å².